The van der Waals surface area contributed by atoms with E-state index < -0.39 is 5.97 Å². The summed E-state index contributed by atoms with van der Waals surface area (Å²) < 4.78 is 9.76. The lowest BCUT2D eigenvalue weighted by Gasteiger charge is -2.26. The molecule has 0 fully saturated rings. The number of rotatable bonds is 6. The van der Waals surface area contributed by atoms with Crippen LogP contribution in [0.3, 0.4) is 0 Å². The van der Waals surface area contributed by atoms with Gasteiger partial charge in [-0.3, -0.25) is 0 Å². The predicted octanol–water partition coefficient (Wildman–Crippen LogP) is 1.79. The molecule has 0 amide bonds. The van der Waals surface area contributed by atoms with Gasteiger partial charge in [0.1, 0.15) is 0 Å². The molecule has 0 spiro atoms. The van der Waals surface area contributed by atoms with Crippen LogP contribution >= 0.6 is 11.3 Å². The Morgan fingerprint density at radius 1 is 1.59 bits per heavy atom. The van der Waals surface area contributed by atoms with E-state index in [0.29, 0.717) is 12.3 Å². The summed E-state index contributed by atoms with van der Waals surface area (Å²) >= 11 is 1.44. The molecule has 0 aliphatic carbocycles. The van der Waals surface area contributed by atoms with Crippen molar-refractivity contribution in [2.75, 3.05) is 32.3 Å². The normalized spacial score (nSPS) is 12.2. The van der Waals surface area contributed by atoms with Gasteiger partial charge in [0.15, 0.2) is 10.8 Å². The molecule has 0 aliphatic heterocycles. The van der Waals surface area contributed by atoms with Crippen LogP contribution in [-0.2, 0) is 9.47 Å². The number of likely N-dealkylation sites (N-methyl/N-ethyl adjacent to an activating group) is 1. The molecule has 5 nitrogen and oxygen atoms in total. The third-order valence-corrected chi connectivity index (χ3v) is 3.29. The van der Waals surface area contributed by atoms with E-state index in [0.717, 1.165) is 11.7 Å². The van der Waals surface area contributed by atoms with Crippen LogP contribution in [0.25, 0.3) is 0 Å². The molecule has 0 aliphatic rings. The number of methoxy groups -OCH3 is 2. The Morgan fingerprint density at radius 3 is 2.82 bits per heavy atom. The molecule has 0 saturated heterocycles. The minimum atomic E-state index is -0.400. The summed E-state index contributed by atoms with van der Waals surface area (Å²) in [5, 5.41) is 2.53. The molecule has 0 saturated carbocycles. The second-order valence-electron chi connectivity index (χ2n) is 3.60. The summed E-state index contributed by atoms with van der Waals surface area (Å²) in [7, 11) is 3.03. The first kappa shape index (κ1) is 13.9. The molecule has 0 radical (unpaired) electrons. The largest absolute Gasteiger partial charge is 0.464 e. The minimum Gasteiger partial charge on any atom is -0.464 e. The minimum absolute atomic E-state index is 0.224. The van der Waals surface area contributed by atoms with E-state index in [1.807, 2.05) is 6.92 Å². The third-order valence-electron chi connectivity index (χ3n) is 2.41. The van der Waals surface area contributed by atoms with Gasteiger partial charge in [0, 0.05) is 19.0 Å². The van der Waals surface area contributed by atoms with Gasteiger partial charge in [-0.1, -0.05) is 0 Å². The van der Waals surface area contributed by atoms with Gasteiger partial charge in [-0.05, 0) is 13.8 Å². The van der Waals surface area contributed by atoms with Crippen molar-refractivity contribution >= 4 is 22.4 Å². The van der Waals surface area contributed by atoms with Crippen molar-refractivity contribution in [3.05, 3.63) is 11.1 Å². The van der Waals surface area contributed by atoms with Crippen molar-refractivity contribution in [2.24, 2.45) is 0 Å². The number of carbonyl (C=O) groups is 1. The van der Waals surface area contributed by atoms with E-state index in [-0.39, 0.29) is 6.04 Å². The monoisotopic (exact) mass is 258 g/mol. The first-order valence-electron chi connectivity index (χ1n) is 5.43. The van der Waals surface area contributed by atoms with Gasteiger partial charge in [0.25, 0.3) is 0 Å². The van der Waals surface area contributed by atoms with Crippen molar-refractivity contribution < 1.29 is 14.3 Å². The van der Waals surface area contributed by atoms with Crippen LogP contribution in [0.4, 0.5) is 5.13 Å². The average Bonchev–Trinajstić information content (AvgIpc) is 2.79. The lowest BCUT2D eigenvalue weighted by molar-refractivity contribution is 0.0595. The summed E-state index contributed by atoms with van der Waals surface area (Å²) in [5.41, 5.74) is 0.357. The molecule has 1 atom stereocenters. The molecule has 1 rings (SSSR count). The molecular formula is C11H18N2O3S. The van der Waals surface area contributed by atoms with Crippen molar-refractivity contribution in [2.45, 2.75) is 19.9 Å². The van der Waals surface area contributed by atoms with Gasteiger partial charge in [-0.25, -0.2) is 9.78 Å². The number of thiazole rings is 1. The Labute approximate surface area is 105 Å². The number of hydrogen-bond acceptors (Lipinski definition) is 6. The highest BCUT2D eigenvalue weighted by molar-refractivity contribution is 7.13. The molecule has 1 aromatic rings. The maximum atomic E-state index is 11.3. The van der Waals surface area contributed by atoms with E-state index in [2.05, 4.69) is 21.5 Å². The summed E-state index contributed by atoms with van der Waals surface area (Å²) in [6.07, 6.45) is 0. The Balaban J connectivity index is 2.82. The molecule has 17 heavy (non-hydrogen) atoms. The molecule has 96 valence electrons. The molecule has 0 bridgehead atoms. The quantitative estimate of drug-likeness (QED) is 0.728. The second-order valence-corrected chi connectivity index (χ2v) is 4.43. The van der Waals surface area contributed by atoms with Crippen LogP contribution in [0.1, 0.15) is 24.3 Å². The zero-order valence-corrected chi connectivity index (χ0v) is 11.4. The second kappa shape index (κ2) is 6.56. The van der Waals surface area contributed by atoms with Gasteiger partial charge < -0.3 is 14.4 Å². The SMILES string of the molecule is CCN(c1nc(C(=O)OC)cs1)C(C)COC. The lowest BCUT2D eigenvalue weighted by atomic mass is 10.3. The zero-order valence-electron chi connectivity index (χ0n) is 10.6. The van der Waals surface area contributed by atoms with Crippen LogP contribution in [-0.4, -0.2) is 44.4 Å². The molecular weight excluding hydrogens is 240 g/mol. The van der Waals surface area contributed by atoms with Crippen LogP contribution in [0, 0.1) is 0 Å². The van der Waals surface area contributed by atoms with Gasteiger partial charge in [-0.15, -0.1) is 11.3 Å². The van der Waals surface area contributed by atoms with Crippen molar-refractivity contribution in [1.82, 2.24) is 4.98 Å². The first-order valence-corrected chi connectivity index (χ1v) is 6.31. The Kier molecular flexibility index (Phi) is 5.37. The maximum absolute atomic E-state index is 11.3. The summed E-state index contributed by atoms with van der Waals surface area (Å²) in [6, 6.07) is 0.224. The van der Waals surface area contributed by atoms with Crippen LogP contribution in [0.15, 0.2) is 5.38 Å². The summed E-state index contributed by atoms with van der Waals surface area (Å²) in [6.45, 7) is 5.55. The van der Waals surface area contributed by atoms with Crippen LogP contribution in [0.5, 0.6) is 0 Å². The molecule has 0 N–H and O–H groups in total. The van der Waals surface area contributed by atoms with Gasteiger partial charge in [-0.2, -0.15) is 0 Å². The fourth-order valence-electron chi connectivity index (χ4n) is 1.56. The highest BCUT2D eigenvalue weighted by Crippen LogP contribution is 2.22. The summed E-state index contributed by atoms with van der Waals surface area (Å²) in [5.74, 6) is -0.400. The van der Waals surface area contributed by atoms with E-state index >= 15 is 0 Å². The van der Waals surface area contributed by atoms with Crippen LogP contribution in [0.2, 0.25) is 0 Å². The number of carbonyl (C=O) groups excluding carboxylic acids is 1. The topological polar surface area (TPSA) is 51.7 Å². The summed E-state index contributed by atoms with van der Waals surface area (Å²) in [4.78, 5) is 17.7. The van der Waals surface area contributed by atoms with Crippen molar-refractivity contribution in [3.63, 3.8) is 0 Å². The number of esters is 1. The van der Waals surface area contributed by atoms with Gasteiger partial charge in [0.2, 0.25) is 0 Å². The number of anilines is 1. The van der Waals surface area contributed by atoms with E-state index in [9.17, 15) is 4.79 Å². The number of hydrogen-bond donors (Lipinski definition) is 0. The average molecular weight is 258 g/mol. The fourth-order valence-corrected chi connectivity index (χ4v) is 2.52. The van der Waals surface area contributed by atoms with Crippen molar-refractivity contribution in [1.29, 1.82) is 0 Å². The van der Waals surface area contributed by atoms with Gasteiger partial charge in [0.05, 0.1) is 19.8 Å². The molecule has 1 unspecified atom stereocenters. The van der Waals surface area contributed by atoms with E-state index in [1.165, 1.54) is 18.4 Å². The standard InChI is InChI=1S/C11H18N2O3S/c1-5-13(8(2)6-15-3)11-12-9(7-17-11)10(14)16-4/h7-8H,5-6H2,1-4H3. The smallest absolute Gasteiger partial charge is 0.357 e. The highest BCUT2D eigenvalue weighted by atomic mass is 32.1. The Hall–Kier alpha value is -1.14. The maximum Gasteiger partial charge on any atom is 0.357 e. The van der Waals surface area contributed by atoms with E-state index in [1.54, 1.807) is 12.5 Å². The van der Waals surface area contributed by atoms with Crippen molar-refractivity contribution in [3.8, 4) is 0 Å². The molecule has 0 aromatic carbocycles. The number of ether oxygens (including phenoxy) is 2. The molecule has 6 heteroatoms. The fraction of sp³-hybridized carbons (Fsp3) is 0.636. The lowest BCUT2D eigenvalue weighted by Crippen LogP contribution is -2.36. The third kappa shape index (κ3) is 3.41. The van der Waals surface area contributed by atoms with Gasteiger partial charge >= 0.3 is 5.97 Å². The first-order chi connectivity index (χ1) is 8.13. The zero-order chi connectivity index (χ0) is 12.8. The highest BCUT2D eigenvalue weighted by Gasteiger charge is 2.18. The number of nitrogens with zero attached hydrogens (tertiary/aromatic N) is 2. The Bertz CT molecular complexity index is 367. The molecule has 1 heterocycles. The predicted molar refractivity (Wildman–Crippen MR) is 67.8 cm³/mol. The van der Waals surface area contributed by atoms with E-state index in [4.69, 9.17) is 4.74 Å². The molecule has 1 aromatic heterocycles. The number of aromatic nitrogens is 1. The van der Waals surface area contributed by atoms with Crippen LogP contribution < -0.4 is 4.90 Å². The Morgan fingerprint density at radius 2 is 2.29 bits per heavy atom.